The summed E-state index contributed by atoms with van der Waals surface area (Å²) >= 11 is 0. The molecule has 1 aliphatic rings. The van der Waals surface area contributed by atoms with E-state index in [0.29, 0.717) is 31.0 Å². The lowest BCUT2D eigenvalue weighted by Gasteiger charge is -2.33. The van der Waals surface area contributed by atoms with Crippen LogP contribution in [0.1, 0.15) is 36.3 Å². The van der Waals surface area contributed by atoms with E-state index in [1.807, 2.05) is 24.0 Å². The lowest BCUT2D eigenvalue weighted by Crippen LogP contribution is -2.43. The number of carbonyl (C=O) groups excluding carboxylic acids is 1. The first-order chi connectivity index (χ1) is 12.6. The van der Waals surface area contributed by atoms with Crippen LogP contribution in [0.25, 0.3) is 11.2 Å². The van der Waals surface area contributed by atoms with Gasteiger partial charge in [-0.1, -0.05) is 0 Å². The number of aryl methyl sites for hydroxylation is 2. The van der Waals surface area contributed by atoms with E-state index in [-0.39, 0.29) is 17.6 Å². The van der Waals surface area contributed by atoms with E-state index in [2.05, 4.69) is 10.1 Å². The molecule has 0 radical (unpaired) electrons. The zero-order chi connectivity index (χ0) is 18.3. The number of aromatic nitrogens is 5. The molecule has 1 fully saturated rings. The fraction of sp³-hybridized carbons (Fsp3) is 0.444. The number of hydrogen-bond donors (Lipinski definition) is 0. The number of rotatable bonds is 3. The molecule has 1 atom stereocenters. The second kappa shape index (κ2) is 6.44. The second-order valence-corrected chi connectivity index (χ2v) is 6.64. The van der Waals surface area contributed by atoms with Gasteiger partial charge in [-0.2, -0.15) is 5.10 Å². The highest BCUT2D eigenvalue weighted by Crippen LogP contribution is 2.24. The number of pyridine rings is 1. The molecule has 3 aromatic heterocycles. The van der Waals surface area contributed by atoms with Gasteiger partial charge in [0.2, 0.25) is 0 Å². The Hall–Kier alpha value is -2.90. The zero-order valence-electron chi connectivity index (χ0n) is 15.0. The zero-order valence-corrected chi connectivity index (χ0v) is 15.0. The van der Waals surface area contributed by atoms with Gasteiger partial charge in [-0.3, -0.25) is 18.6 Å². The van der Waals surface area contributed by atoms with Gasteiger partial charge in [0.15, 0.2) is 5.65 Å². The maximum Gasteiger partial charge on any atom is 0.330 e. The van der Waals surface area contributed by atoms with Crippen LogP contribution < -0.4 is 5.69 Å². The van der Waals surface area contributed by atoms with Gasteiger partial charge < -0.3 is 4.90 Å². The van der Waals surface area contributed by atoms with E-state index < -0.39 is 0 Å². The number of amides is 1. The maximum absolute atomic E-state index is 12.9. The summed E-state index contributed by atoms with van der Waals surface area (Å²) in [5.41, 5.74) is 2.00. The predicted molar refractivity (Wildman–Crippen MR) is 97.0 cm³/mol. The van der Waals surface area contributed by atoms with Crippen molar-refractivity contribution in [2.45, 2.75) is 32.4 Å². The Kier molecular flexibility index (Phi) is 4.10. The molecular weight excluding hydrogens is 332 g/mol. The summed E-state index contributed by atoms with van der Waals surface area (Å²) in [6.45, 7) is 3.81. The fourth-order valence-electron chi connectivity index (χ4n) is 3.80. The highest BCUT2D eigenvalue weighted by Gasteiger charge is 2.29. The predicted octanol–water partition coefficient (Wildman–Crippen LogP) is 1.43. The Labute approximate surface area is 150 Å². The molecule has 0 aromatic carbocycles. The van der Waals surface area contributed by atoms with E-state index in [1.54, 1.807) is 39.3 Å². The molecule has 1 amide bonds. The highest BCUT2D eigenvalue weighted by atomic mass is 16.2. The quantitative estimate of drug-likeness (QED) is 0.713. The van der Waals surface area contributed by atoms with Gasteiger partial charge in [0.05, 0.1) is 11.6 Å². The van der Waals surface area contributed by atoms with Crippen molar-refractivity contribution in [3.8, 4) is 0 Å². The third-order valence-corrected chi connectivity index (χ3v) is 5.13. The molecule has 1 aliphatic heterocycles. The summed E-state index contributed by atoms with van der Waals surface area (Å²) < 4.78 is 5.07. The van der Waals surface area contributed by atoms with Crippen molar-refractivity contribution in [2.75, 3.05) is 13.1 Å². The van der Waals surface area contributed by atoms with Gasteiger partial charge in [0, 0.05) is 39.1 Å². The van der Waals surface area contributed by atoms with Gasteiger partial charge in [-0.05, 0) is 38.0 Å². The third-order valence-electron chi connectivity index (χ3n) is 5.13. The van der Waals surface area contributed by atoms with Crippen molar-refractivity contribution in [3.05, 3.63) is 46.8 Å². The number of hydrogen-bond acceptors (Lipinski definition) is 4. The van der Waals surface area contributed by atoms with Crippen LogP contribution in [-0.2, 0) is 13.6 Å². The SMILES string of the molecule is CCn1nccc1C(=O)N1CCC[C@H](n2c(=O)n(C)c3cccnc32)C1. The van der Waals surface area contributed by atoms with Gasteiger partial charge >= 0.3 is 5.69 Å². The molecule has 8 heteroatoms. The molecule has 1 saturated heterocycles. The molecule has 3 aromatic rings. The Bertz CT molecular complexity index is 1010. The van der Waals surface area contributed by atoms with Crippen LogP contribution in [0.5, 0.6) is 0 Å². The van der Waals surface area contributed by atoms with Crippen LogP contribution >= 0.6 is 0 Å². The monoisotopic (exact) mass is 354 g/mol. The van der Waals surface area contributed by atoms with Crippen LogP contribution in [0.2, 0.25) is 0 Å². The Morgan fingerprint density at radius 3 is 2.96 bits per heavy atom. The number of carbonyl (C=O) groups is 1. The maximum atomic E-state index is 12.9. The van der Waals surface area contributed by atoms with Crippen molar-refractivity contribution in [1.29, 1.82) is 0 Å². The largest absolute Gasteiger partial charge is 0.335 e. The molecule has 0 spiro atoms. The lowest BCUT2D eigenvalue weighted by atomic mass is 10.0. The van der Waals surface area contributed by atoms with Crippen molar-refractivity contribution in [3.63, 3.8) is 0 Å². The molecule has 136 valence electrons. The summed E-state index contributed by atoms with van der Waals surface area (Å²) in [6, 6.07) is 5.40. The van der Waals surface area contributed by atoms with Crippen molar-refractivity contribution in [2.24, 2.45) is 7.05 Å². The van der Waals surface area contributed by atoms with Gasteiger partial charge in [-0.15, -0.1) is 0 Å². The van der Waals surface area contributed by atoms with Crippen molar-refractivity contribution >= 4 is 17.1 Å². The number of nitrogens with zero attached hydrogens (tertiary/aromatic N) is 6. The second-order valence-electron chi connectivity index (χ2n) is 6.64. The smallest absolute Gasteiger partial charge is 0.330 e. The van der Waals surface area contributed by atoms with Crippen LogP contribution in [-0.4, -0.2) is 47.8 Å². The van der Waals surface area contributed by atoms with Crippen LogP contribution in [0.15, 0.2) is 35.4 Å². The molecule has 26 heavy (non-hydrogen) atoms. The number of piperidine rings is 1. The molecule has 0 aliphatic carbocycles. The Morgan fingerprint density at radius 2 is 2.15 bits per heavy atom. The summed E-state index contributed by atoms with van der Waals surface area (Å²) in [6.07, 6.45) is 5.06. The molecule has 0 unspecified atom stereocenters. The van der Waals surface area contributed by atoms with Crippen molar-refractivity contribution < 1.29 is 4.79 Å². The average Bonchev–Trinajstić information content (AvgIpc) is 3.25. The standard InChI is InChI=1S/C18H22N6O2/c1-3-23-15(8-10-20-23)17(25)22-11-5-6-13(12-22)24-16-14(7-4-9-19-16)21(2)18(24)26/h4,7-10,13H,3,5-6,11-12H2,1-2H3/t13-/m0/s1. The van der Waals surface area contributed by atoms with E-state index >= 15 is 0 Å². The lowest BCUT2D eigenvalue weighted by molar-refractivity contribution is 0.0666. The topological polar surface area (TPSA) is 78.0 Å². The number of imidazole rings is 1. The minimum Gasteiger partial charge on any atom is -0.335 e. The van der Waals surface area contributed by atoms with Gasteiger partial charge in [-0.25, -0.2) is 9.78 Å². The third kappa shape index (κ3) is 2.53. The summed E-state index contributed by atoms with van der Waals surface area (Å²) in [4.78, 5) is 31.9. The highest BCUT2D eigenvalue weighted by molar-refractivity contribution is 5.92. The first-order valence-electron chi connectivity index (χ1n) is 8.94. The Balaban J connectivity index is 1.67. The van der Waals surface area contributed by atoms with E-state index in [0.717, 1.165) is 18.4 Å². The first kappa shape index (κ1) is 16.6. The van der Waals surface area contributed by atoms with E-state index in [1.165, 1.54) is 0 Å². The normalized spacial score (nSPS) is 17.8. The fourth-order valence-corrected chi connectivity index (χ4v) is 3.80. The van der Waals surface area contributed by atoms with Gasteiger partial charge in [0.25, 0.3) is 5.91 Å². The molecule has 0 saturated carbocycles. The van der Waals surface area contributed by atoms with Crippen molar-refractivity contribution in [1.82, 2.24) is 28.8 Å². The van der Waals surface area contributed by atoms with Crippen LogP contribution in [0.4, 0.5) is 0 Å². The van der Waals surface area contributed by atoms with Crippen LogP contribution in [0, 0.1) is 0 Å². The molecular formula is C18H22N6O2. The Morgan fingerprint density at radius 1 is 1.31 bits per heavy atom. The molecule has 0 bridgehead atoms. The number of fused-ring (bicyclic) bond motifs is 1. The van der Waals surface area contributed by atoms with E-state index in [4.69, 9.17) is 0 Å². The molecule has 4 heterocycles. The molecule has 8 nitrogen and oxygen atoms in total. The van der Waals surface area contributed by atoms with Gasteiger partial charge in [0.1, 0.15) is 5.69 Å². The summed E-state index contributed by atoms with van der Waals surface area (Å²) in [5.74, 6) is -0.0321. The molecule has 4 rings (SSSR count). The summed E-state index contributed by atoms with van der Waals surface area (Å²) in [5, 5.41) is 4.19. The van der Waals surface area contributed by atoms with E-state index in [9.17, 15) is 9.59 Å². The first-order valence-corrected chi connectivity index (χ1v) is 8.94. The molecule has 0 N–H and O–H groups in total. The van der Waals surface area contributed by atoms with Crippen LogP contribution in [0.3, 0.4) is 0 Å². The minimum atomic E-state index is -0.0865. The minimum absolute atomic E-state index is 0.0321. The average molecular weight is 354 g/mol. The summed E-state index contributed by atoms with van der Waals surface area (Å²) in [7, 11) is 1.76. The number of likely N-dealkylation sites (tertiary alicyclic amines) is 1.